The second-order valence-corrected chi connectivity index (χ2v) is 6.16. The van der Waals surface area contributed by atoms with Gasteiger partial charge in [-0.15, -0.1) is 0 Å². The molecular weight excluding hydrogens is 369 g/mol. The number of aromatic nitrogens is 3. The first kappa shape index (κ1) is 18.2. The van der Waals surface area contributed by atoms with E-state index >= 15 is 0 Å². The molecule has 29 heavy (non-hydrogen) atoms. The Kier molecular flexibility index (Phi) is 5.20. The van der Waals surface area contributed by atoms with Crippen molar-refractivity contribution < 1.29 is 9.18 Å². The molecule has 2 heterocycles. The highest BCUT2D eigenvalue weighted by atomic mass is 19.1. The van der Waals surface area contributed by atoms with Gasteiger partial charge in [-0.3, -0.25) is 9.78 Å². The molecule has 0 fully saturated rings. The Balaban J connectivity index is 1.61. The SMILES string of the molecule is O=C(N/N=C\c1cn(-c2ccccc2)nc1-c1ccncc1)c1ccc(F)cc1. The summed E-state index contributed by atoms with van der Waals surface area (Å²) in [5, 5.41) is 8.71. The van der Waals surface area contributed by atoms with Crippen molar-refractivity contribution in [3.8, 4) is 16.9 Å². The molecule has 1 N–H and O–H groups in total. The van der Waals surface area contributed by atoms with Crippen LogP contribution < -0.4 is 5.43 Å². The van der Waals surface area contributed by atoms with Crippen LogP contribution in [-0.2, 0) is 0 Å². The van der Waals surface area contributed by atoms with Gasteiger partial charge in [0.15, 0.2) is 0 Å². The molecule has 6 nitrogen and oxygen atoms in total. The van der Waals surface area contributed by atoms with Gasteiger partial charge in [0.2, 0.25) is 0 Å². The van der Waals surface area contributed by atoms with Gasteiger partial charge in [0, 0.05) is 35.3 Å². The van der Waals surface area contributed by atoms with Crippen LogP contribution in [0.15, 0.2) is 90.4 Å². The fraction of sp³-hybridized carbons (Fsp3) is 0. The average molecular weight is 385 g/mol. The van der Waals surface area contributed by atoms with E-state index in [9.17, 15) is 9.18 Å². The van der Waals surface area contributed by atoms with Crippen LogP contribution in [-0.4, -0.2) is 26.9 Å². The van der Waals surface area contributed by atoms with Crippen molar-refractivity contribution in [3.05, 3.63) is 102 Å². The summed E-state index contributed by atoms with van der Waals surface area (Å²) >= 11 is 0. The molecule has 2 aromatic carbocycles. The van der Waals surface area contributed by atoms with Crippen molar-refractivity contribution in [1.82, 2.24) is 20.2 Å². The predicted molar refractivity (Wildman–Crippen MR) is 108 cm³/mol. The number of rotatable bonds is 5. The van der Waals surface area contributed by atoms with Crippen LogP contribution in [0.4, 0.5) is 4.39 Å². The molecule has 0 aliphatic rings. The maximum atomic E-state index is 13.0. The van der Waals surface area contributed by atoms with E-state index in [4.69, 9.17) is 0 Å². The first-order valence-corrected chi connectivity index (χ1v) is 8.85. The zero-order valence-electron chi connectivity index (χ0n) is 15.2. The average Bonchev–Trinajstić information content (AvgIpc) is 3.19. The number of hydrogen-bond acceptors (Lipinski definition) is 4. The van der Waals surface area contributed by atoms with E-state index in [1.165, 1.54) is 30.5 Å². The van der Waals surface area contributed by atoms with Gasteiger partial charge in [-0.2, -0.15) is 10.2 Å². The molecule has 0 radical (unpaired) electrons. The van der Waals surface area contributed by atoms with Gasteiger partial charge >= 0.3 is 0 Å². The summed E-state index contributed by atoms with van der Waals surface area (Å²) in [5.74, 6) is -0.831. The number of benzene rings is 2. The number of hydrogen-bond donors (Lipinski definition) is 1. The lowest BCUT2D eigenvalue weighted by molar-refractivity contribution is 0.0955. The van der Waals surface area contributed by atoms with Gasteiger partial charge in [0.05, 0.1) is 11.9 Å². The van der Waals surface area contributed by atoms with E-state index in [1.807, 2.05) is 48.7 Å². The molecule has 0 unspecified atom stereocenters. The van der Waals surface area contributed by atoms with E-state index in [0.29, 0.717) is 11.3 Å². The summed E-state index contributed by atoms with van der Waals surface area (Å²) in [7, 11) is 0. The third-order valence-electron chi connectivity index (χ3n) is 4.19. The number of para-hydroxylation sites is 1. The van der Waals surface area contributed by atoms with Crippen LogP contribution in [0.2, 0.25) is 0 Å². The highest BCUT2D eigenvalue weighted by molar-refractivity contribution is 5.95. The van der Waals surface area contributed by atoms with Crippen molar-refractivity contribution in [3.63, 3.8) is 0 Å². The van der Waals surface area contributed by atoms with E-state index in [-0.39, 0.29) is 0 Å². The van der Waals surface area contributed by atoms with Crippen molar-refractivity contribution >= 4 is 12.1 Å². The zero-order chi connectivity index (χ0) is 20.1. The summed E-state index contributed by atoms with van der Waals surface area (Å²) in [6.45, 7) is 0. The Morgan fingerprint density at radius 3 is 2.45 bits per heavy atom. The molecule has 0 bridgehead atoms. The Bertz CT molecular complexity index is 1140. The summed E-state index contributed by atoms with van der Waals surface area (Å²) in [6, 6.07) is 18.6. The van der Waals surface area contributed by atoms with Crippen LogP contribution in [0.25, 0.3) is 16.9 Å². The molecule has 0 aliphatic heterocycles. The zero-order valence-corrected chi connectivity index (χ0v) is 15.2. The molecule has 7 heteroatoms. The third kappa shape index (κ3) is 4.24. The molecule has 0 aliphatic carbocycles. The fourth-order valence-corrected chi connectivity index (χ4v) is 2.76. The predicted octanol–water partition coefficient (Wildman–Crippen LogP) is 3.84. The molecule has 1 amide bonds. The quantitative estimate of drug-likeness (QED) is 0.419. The minimum absolute atomic E-state index is 0.317. The molecule has 4 aromatic rings. The Morgan fingerprint density at radius 1 is 1.00 bits per heavy atom. The second kappa shape index (κ2) is 8.26. The molecule has 4 rings (SSSR count). The van der Waals surface area contributed by atoms with Gasteiger partial charge in [0.1, 0.15) is 11.5 Å². The normalized spacial score (nSPS) is 10.9. The minimum atomic E-state index is -0.429. The van der Waals surface area contributed by atoms with Crippen LogP contribution in [0.5, 0.6) is 0 Å². The van der Waals surface area contributed by atoms with Crippen LogP contribution in [0.1, 0.15) is 15.9 Å². The molecule has 0 saturated heterocycles. The summed E-state index contributed by atoms with van der Waals surface area (Å²) < 4.78 is 14.7. The first-order chi connectivity index (χ1) is 14.2. The lowest BCUT2D eigenvalue weighted by Crippen LogP contribution is -2.17. The fourth-order valence-electron chi connectivity index (χ4n) is 2.76. The summed E-state index contributed by atoms with van der Waals surface area (Å²) in [4.78, 5) is 16.2. The highest BCUT2D eigenvalue weighted by Gasteiger charge is 2.11. The second-order valence-electron chi connectivity index (χ2n) is 6.16. The van der Waals surface area contributed by atoms with E-state index < -0.39 is 11.7 Å². The first-order valence-electron chi connectivity index (χ1n) is 8.85. The van der Waals surface area contributed by atoms with Gasteiger partial charge in [0.25, 0.3) is 5.91 Å². The molecule has 0 spiro atoms. The summed E-state index contributed by atoms with van der Waals surface area (Å²) in [5.41, 5.74) is 5.97. The van der Waals surface area contributed by atoms with Crippen molar-refractivity contribution in [1.29, 1.82) is 0 Å². The van der Waals surface area contributed by atoms with E-state index in [2.05, 4.69) is 20.6 Å². The Morgan fingerprint density at radius 2 is 1.72 bits per heavy atom. The molecular formula is C22H16FN5O. The molecule has 2 aromatic heterocycles. The van der Waals surface area contributed by atoms with Crippen LogP contribution >= 0.6 is 0 Å². The third-order valence-corrected chi connectivity index (χ3v) is 4.19. The van der Waals surface area contributed by atoms with E-state index in [0.717, 1.165) is 16.8 Å². The van der Waals surface area contributed by atoms with Crippen molar-refractivity contribution in [2.45, 2.75) is 0 Å². The molecule has 142 valence electrons. The van der Waals surface area contributed by atoms with Crippen LogP contribution in [0, 0.1) is 5.82 Å². The number of halogens is 1. The summed E-state index contributed by atoms with van der Waals surface area (Å²) in [6.07, 6.45) is 6.74. The number of carbonyl (C=O) groups excluding carboxylic acids is 1. The number of hydrazone groups is 1. The van der Waals surface area contributed by atoms with Gasteiger partial charge in [-0.25, -0.2) is 14.5 Å². The van der Waals surface area contributed by atoms with Gasteiger partial charge in [-0.1, -0.05) is 18.2 Å². The Hall–Kier alpha value is -4.13. The highest BCUT2D eigenvalue weighted by Crippen LogP contribution is 2.22. The number of carbonyl (C=O) groups is 1. The van der Waals surface area contributed by atoms with Gasteiger partial charge < -0.3 is 0 Å². The van der Waals surface area contributed by atoms with E-state index in [1.54, 1.807) is 17.1 Å². The lowest BCUT2D eigenvalue weighted by atomic mass is 10.1. The topological polar surface area (TPSA) is 72.2 Å². The lowest BCUT2D eigenvalue weighted by Gasteiger charge is -2.00. The maximum Gasteiger partial charge on any atom is 0.271 e. The number of nitrogens with zero attached hydrogens (tertiary/aromatic N) is 4. The number of pyridine rings is 1. The smallest absolute Gasteiger partial charge is 0.267 e. The van der Waals surface area contributed by atoms with Crippen molar-refractivity contribution in [2.24, 2.45) is 5.10 Å². The minimum Gasteiger partial charge on any atom is -0.267 e. The molecule has 0 atom stereocenters. The monoisotopic (exact) mass is 385 g/mol. The van der Waals surface area contributed by atoms with Crippen LogP contribution in [0.3, 0.4) is 0 Å². The Labute approximate surface area is 166 Å². The maximum absolute atomic E-state index is 13.0. The molecule has 0 saturated carbocycles. The van der Waals surface area contributed by atoms with Gasteiger partial charge in [-0.05, 0) is 48.5 Å². The standard InChI is InChI=1S/C22H16FN5O/c23-19-8-6-17(7-9-19)22(29)26-25-14-18-15-28(20-4-2-1-3-5-20)27-21(18)16-10-12-24-13-11-16/h1-15H,(H,26,29)/b25-14-. The number of amides is 1. The largest absolute Gasteiger partial charge is 0.271 e. The number of nitrogens with one attached hydrogen (secondary N) is 1. The van der Waals surface area contributed by atoms with Crippen molar-refractivity contribution in [2.75, 3.05) is 0 Å².